The van der Waals surface area contributed by atoms with Gasteiger partial charge in [-0.05, 0) is 55.7 Å². The molecule has 5 nitrogen and oxygen atoms in total. The number of carbonyl (C=O) groups excluding carboxylic acids is 2. The van der Waals surface area contributed by atoms with E-state index in [9.17, 15) is 14.0 Å². The highest BCUT2D eigenvalue weighted by atomic mass is 32.2. The fraction of sp³-hybridized carbons (Fsp3) is 0.417. The molecule has 2 amide bonds. The maximum atomic E-state index is 13.3. The number of ether oxygens (including phenoxy) is 1. The van der Waals surface area contributed by atoms with Crippen LogP contribution in [0.5, 0.6) is 5.75 Å². The Morgan fingerprint density at radius 3 is 2.23 bits per heavy atom. The van der Waals surface area contributed by atoms with Gasteiger partial charge in [0.1, 0.15) is 17.6 Å². The average molecular weight is 447 g/mol. The Morgan fingerprint density at radius 1 is 1.06 bits per heavy atom. The van der Waals surface area contributed by atoms with E-state index in [1.807, 2.05) is 45.0 Å². The van der Waals surface area contributed by atoms with Gasteiger partial charge in [-0.1, -0.05) is 31.2 Å². The van der Waals surface area contributed by atoms with Crippen LogP contribution in [-0.4, -0.2) is 41.7 Å². The second kappa shape index (κ2) is 12.3. The van der Waals surface area contributed by atoms with Crippen LogP contribution >= 0.6 is 11.8 Å². The summed E-state index contributed by atoms with van der Waals surface area (Å²) in [6.07, 6.45) is 0.495. The van der Waals surface area contributed by atoms with Crippen molar-refractivity contribution in [3.05, 3.63) is 65.5 Å². The molecule has 0 saturated carbocycles. The molecule has 0 aliphatic heterocycles. The number of rotatable bonds is 11. The summed E-state index contributed by atoms with van der Waals surface area (Å²) in [5.41, 5.74) is 1.87. The van der Waals surface area contributed by atoms with Crippen LogP contribution in [0.4, 0.5) is 4.39 Å². The van der Waals surface area contributed by atoms with Crippen LogP contribution in [0.3, 0.4) is 0 Å². The second-order valence-electron chi connectivity index (χ2n) is 7.58. The first-order valence-electron chi connectivity index (χ1n) is 10.4. The third kappa shape index (κ3) is 7.90. The number of halogens is 1. The van der Waals surface area contributed by atoms with Gasteiger partial charge < -0.3 is 15.0 Å². The molecule has 0 aromatic heterocycles. The van der Waals surface area contributed by atoms with Gasteiger partial charge >= 0.3 is 0 Å². The number of amides is 2. The predicted octanol–water partition coefficient (Wildman–Crippen LogP) is 4.40. The fourth-order valence-corrected chi connectivity index (χ4v) is 4.02. The smallest absolute Gasteiger partial charge is 0.243 e. The molecule has 1 N–H and O–H groups in total. The second-order valence-corrected chi connectivity index (χ2v) is 8.56. The lowest BCUT2D eigenvalue weighted by molar-refractivity contribution is -0.139. The van der Waals surface area contributed by atoms with Gasteiger partial charge in [0.05, 0.1) is 12.9 Å². The summed E-state index contributed by atoms with van der Waals surface area (Å²) in [6, 6.07) is 13.1. The molecule has 168 valence electrons. The third-order valence-corrected chi connectivity index (χ3v) is 5.72. The molecule has 31 heavy (non-hydrogen) atoms. The van der Waals surface area contributed by atoms with Crippen molar-refractivity contribution < 1.29 is 18.7 Å². The van der Waals surface area contributed by atoms with E-state index in [1.165, 1.54) is 23.9 Å². The lowest BCUT2D eigenvalue weighted by Gasteiger charge is -2.31. The molecule has 0 unspecified atom stereocenters. The summed E-state index contributed by atoms with van der Waals surface area (Å²) in [4.78, 5) is 27.5. The van der Waals surface area contributed by atoms with Gasteiger partial charge in [0.25, 0.3) is 0 Å². The Balaban J connectivity index is 2.09. The van der Waals surface area contributed by atoms with Gasteiger partial charge in [0.15, 0.2) is 0 Å². The number of nitrogens with one attached hydrogen (secondary N) is 1. The van der Waals surface area contributed by atoms with Crippen LogP contribution in [0.15, 0.2) is 48.5 Å². The van der Waals surface area contributed by atoms with Gasteiger partial charge in [-0.2, -0.15) is 0 Å². The number of hydrogen-bond acceptors (Lipinski definition) is 4. The zero-order valence-electron chi connectivity index (χ0n) is 18.6. The molecule has 2 rings (SSSR count). The van der Waals surface area contributed by atoms with Crippen molar-refractivity contribution in [2.75, 3.05) is 12.9 Å². The monoisotopic (exact) mass is 446 g/mol. The van der Waals surface area contributed by atoms with E-state index in [-0.39, 0.29) is 36.0 Å². The first-order valence-corrected chi connectivity index (χ1v) is 11.5. The highest BCUT2D eigenvalue weighted by Gasteiger charge is 2.28. The molecular formula is C24H31FN2O3S. The summed E-state index contributed by atoms with van der Waals surface area (Å²) >= 11 is 1.50. The van der Waals surface area contributed by atoms with Crippen molar-refractivity contribution in [1.82, 2.24) is 10.2 Å². The number of hydrogen-bond donors (Lipinski definition) is 1. The van der Waals surface area contributed by atoms with Crippen molar-refractivity contribution in [3.8, 4) is 5.75 Å². The summed E-state index contributed by atoms with van der Waals surface area (Å²) in [6.45, 7) is 5.93. The van der Waals surface area contributed by atoms with Crippen molar-refractivity contribution in [1.29, 1.82) is 0 Å². The Kier molecular flexibility index (Phi) is 9.85. The molecule has 0 radical (unpaired) electrons. The Labute approximate surface area is 188 Å². The van der Waals surface area contributed by atoms with Gasteiger partial charge in [-0.25, -0.2) is 4.39 Å². The highest BCUT2D eigenvalue weighted by molar-refractivity contribution is 7.99. The van der Waals surface area contributed by atoms with Crippen LogP contribution in [0.1, 0.15) is 38.3 Å². The Hall–Kier alpha value is -2.54. The quantitative estimate of drug-likeness (QED) is 0.556. The van der Waals surface area contributed by atoms with Crippen molar-refractivity contribution in [2.45, 2.75) is 51.6 Å². The molecule has 0 spiro atoms. The topological polar surface area (TPSA) is 58.6 Å². The SMILES string of the molecule is CC[C@@H](C(=O)NC(C)C)N(Cc1ccc(F)cc1)C(=O)CSCc1ccc(OC)cc1. The van der Waals surface area contributed by atoms with E-state index >= 15 is 0 Å². The summed E-state index contributed by atoms with van der Waals surface area (Å²) in [5, 5.41) is 2.91. The zero-order valence-corrected chi connectivity index (χ0v) is 19.4. The maximum absolute atomic E-state index is 13.3. The molecule has 0 fully saturated rings. The molecule has 7 heteroatoms. The molecule has 1 atom stereocenters. The van der Waals surface area contributed by atoms with E-state index < -0.39 is 6.04 Å². The molecule has 2 aromatic rings. The average Bonchev–Trinajstić information content (AvgIpc) is 2.75. The Bertz CT molecular complexity index is 841. The first-order chi connectivity index (χ1) is 14.8. The molecule has 0 bridgehead atoms. The van der Waals surface area contributed by atoms with E-state index in [0.717, 1.165) is 16.9 Å². The van der Waals surface area contributed by atoms with Crippen molar-refractivity contribution in [2.24, 2.45) is 0 Å². The third-order valence-electron chi connectivity index (χ3n) is 4.74. The molecule has 0 aliphatic carbocycles. The van der Waals surface area contributed by atoms with Crippen LogP contribution < -0.4 is 10.1 Å². The molecule has 0 saturated heterocycles. The minimum absolute atomic E-state index is 0.0197. The van der Waals surface area contributed by atoms with E-state index in [1.54, 1.807) is 24.1 Å². The minimum atomic E-state index is -0.582. The van der Waals surface area contributed by atoms with Crippen molar-refractivity contribution in [3.63, 3.8) is 0 Å². The summed E-state index contributed by atoms with van der Waals surface area (Å²) in [5.74, 6) is 1.09. The normalized spacial score (nSPS) is 11.8. The van der Waals surface area contributed by atoms with Gasteiger partial charge in [0.2, 0.25) is 11.8 Å². The maximum Gasteiger partial charge on any atom is 0.243 e. The van der Waals surface area contributed by atoms with Crippen LogP contribution in [-0.2, 0) is 21.9 Å². The van der Waals surface area contributed by atoms with Gasteiger partial charge in [-0.3, -0.25) is 9.59 Å². The number of carbonyl (C=O) groups is 2. The lowest BCUT2D eigenvalue weighted by atomic mass is 10.1. The first kappa shape index (κ1) is 24.7. The predicted molar refractivity (Wildman–Crippen MR) is 123 cm³/mol. The molecular weight excluding hydrogens is 415 g/mol. The summed E-state index contributed by atoms with van der Waals surface area (Å²) in [7, 11) is 1.62. The zero-order chi connectivity index (χ0) is 22.8. The van der Waals surface area contributed by atoms with Crippen LogP contribution in [0.2, 0.25) is 0 Å². The fourth-order valence-electron chi connectivity index (χ4n) is 3.15. The van der Waals surface area contributed by atoms with Gasteiger partial charge in [-0.15, -0.1) is 11.8 Å². The summed E-state index contributed by atoms with van der Waals surface area (Å²) < 4.78 is 18.5. The lowest BCUT2D eigenvalue weighted by Crippen LogP contribution is -2.50. The number of thioether (sulfide) groups is 1. The molecule has 0 aliphatic rings. The van der Waals surface area contributed by atoms with Gasteiger partial charge in [0, 0.05) is 18.3 Å². The van der Waals surface area contributed by atoms with E-state index in [2.05, 4.69) is 5.32 Å². The van der Waals surface area contributed by atoms with Crippen LogP contribution in [0.25, 0.3) is 0 Å². The largest absolute Gasteiger partial charge is 0.497 e. The van der Waals surface area contributed by atoms with E-state index in [4.69, 9.17) is 4.74 Å². The highest BCUT2D eigenvalue weighted by Crippen LogP contribution is 2.19. The molecule has 0 heterocycles. The number of nitrogens with zero attached hydrogens (tertiary/aromatic N) is 1. The van der Waals surface area contributed by atoms with Crippen molar-refractivity contribution >= 4 is 23.6 Å². The van der Waals surface area contributed by atoms with Crippen LogP contribution in [0, 0.1) is 5.82 Å². The standard InChI is InChI=1S/C24H31FN2O3S/c1-5-22(24(29)26-17(2)3)27(14-18-6-10-20(25)11-7-18)23(28)16-31-15-19-8-12-21(30-4)13-9-19/h6-13,17,22H,5,14-16H2,1-4H3,(H,26,29)/t22-/m0/s1. The van der Waals surface area contributed by atoms with E-state index in [0.29, 0.717) is 12.2 Å². The minimum Gasteiger partial charge on any atom is -0.497 e. The Morgan fingerprint density at radius 2 is 1.68 bits per heavy atom. The number of benzene rings is 2. The number of methoxy groups -OCH3 is 1. The molecule has 2 aromatic carbocycles.